The number of hydrogen-bond acceptors (Lipinski definition) is 4. The third kappa shape index (κ3) is 5.42. The maximum Gasteiger partial charge on any atom is 0.260 e. The fraction of sp³-hybridized carbons (Fsp3) is 0.263. The fourth-order valence-electron chi connectivity index (χ4n) is 2.43. The van der Waals surface area contributed by atoms with E-state index in [0.29, 0.717) is 12.1 Å². The highest BCUT2D eigenvalue weighted by atomic mass is 32.2. The molecule has 0 aliphatic carbocycles. The molecule has 0 aliphatic rings. The van der Waals surface area contributed by atoms with Crippen LogP contribution < -0.4 is 9.73 Å². The zero-order valence-electron chi connectivity index (χ0n) is 15.1. The number of amides is 1. The summed E-state index contributed by atoms with van der Waals surface area (Å²) in [6.07, 6.45) is 3.26. The number of nitrogens with zero attached hydrogens (tertiary/aromatic N) is 2. The SMILES string of the molecule is CCc1ccccc1N(CC(=O)N/N=C\c1ccc(C)cc1)S(C)(=O)=O. The van der Waals surface area contributed by atoms with E-state index in [0.717, 1.165) is 27.3 Å². The lowest BCUT2D eigenvalue weighted by molar-refractivity contribution is -0.119. The van der Waals surface area contributed by atoms with E-state index in [9.17, 15) is 13.2 Å². The first kappa shape index (κ1) is 19.7. The van der Waals surface area contributed by atoms with E-state index in [1.165, 1.54) is 6.21 Å². The van der Waals surface area contributed by atoms with Crippen molar-refractivity contribution < 1.29 is 13.2 Å². The summed E-state index contributed by atoms with van der Waals surface area (Å²) >= 11 is 0. The van der Waals surface area contributed by atoms with Gasteiger partial charge in [-0.2, -0.15) is 5.10 Å². The van der Waals surface area contributed by atoms with Gasteiger partial charge in [0.25, 0.3) is 5.91 Å². The number of anilines is 1. The average Bonchev–Trinajstić information content (AvgIpc) is 2.60. The third-order valence-corrected chi connectivity index (χ3v) is 4.94. The molecular formula is C19H23N3O3S. The highest BCUT2D eigenvalue weighted by Gasteiger charge is 2.22. The summed E-state index contributed by atoms with van der Waals surface area (Å²) in [7, 11) is -3.61. The van der Waals surface area contributed by atoms with E-state index in [2.05, 4.69) is 10.5 Å². The van der Waals surface area contributed by atoms with Gasteiger partial charge in [0.05, 0.1) is 18.2 Å². The van der Waals surface area contributed by atoms with Crippen molar-refractivity contribution in [3.8, 4) is 0 Å². The molecule has 0 fully saturated rings. The van der Waals surface area contributed by atoms with Crippen molar-refractivity contribution in [2.75, 3.05) is 17.1 Å². The van der Waals surface area contributed by atoms with Crippen molar-refractivity contribution in [3.05, 3.63) is 65.2 Å². The molecule has 2 rings (SSSR count). The number of sulfonamides is 1. The van der Waals surface area contributed by atoms with Crippen molar-refractivity contribution in [2.24, 2.45) is 5.10 Å². The van der Waals surface area contributed by atoms with E-state index >= 15 is 0 Å². The number of hydrogen-bond donors (Lipinski definition) is 1. The Balaban J connectivity index is 2.11. The van der Waals surface area contributed by atoms with Crippen LogP contribution in [0.4, 0.5) is 5.69 Å². The molecule has 0 bridgehead atoms. The predicted octanol–water partition coefficient (Wildman–Crippen LogP) is 2.47. The van der Waals surface area contributed by atoms with Gasteiger partial charge in [0.2, 0.25) is 10.0 Å². The van der Waals surface area contributed by atoms with E-state index in [-0.39, 0.29) is 6.54 Å². The van der Waals surface area contributed by atoms with Crippen molar-refractivity contribution >= 4 is 27.8 Å². The normalized spacial score (nSPS) is 11.5. The number of rotatable bonds is 7. The third-order valence-electron chi connectivity index (χ3n) is 3.81. The second kappa shape index (κ2) is 8.62. The van der Waals surface area contributed by atoms with Crippen LogP contribution in [0.25, 0.3) is 0 Å². The molecule has 26 heavy (non-hydrogen) atoms. The van der Waals surface area contributed by atoms with Gasteiger partial charge in [0.15, 0.2) is 0 Å². The lowest BCUT2D eigenvalue weighted by Gasteiger charge is -2.23. The Labute approximate surface area is 154 Å². The van der Waals surface area contributed by atoms with Gasteiger partial charge >= 0.3 is 0 Å². The summed E-state index contributed by atoms with van der Waals surface area (Å²) in [4.78, 5) is 12.2. The van der Waals surface area contributed by atoms with Crippen LogP contribution in [-0.2, 0) is 21.2 Å². The quantitative estimate of drug-likeness (QED) is 0.598. The fourth-order valence-corrected chi connectivity index (χ4v) is 3.32. The second-order valence-corrected chi connectivity index (χ2v) is 7.86. The van der Waals surface area contributed by atoms with Gasteiger partial charge in [-0.15, -0.1) is 0 Å². The molecule has 0 unspecified atom stereocenters. The Hall–Kier alpha value is -2.67. The molecule has 7 heteroatoms. The number of carbonyl (C=O) groups is 1. The Morgan fingerprint density at radius 1 is 1.15 bits per heavy atom. The minimum atomic E-state index is -3.61. The van der Waals surface area contributed by atoms with Gasteiger partial charge in [0, 0.05) is 0 Å². The highest BCUT2D eigenvalue weighted by Crippen LogP contribution is 2.23. The molecule has 2 aromatic rings. The van der Waals surface area contributed by atoms with Gasteiger partial charge in [-0.1, -0.05) is 55.0 Å². The summed E-state index contributed by atoms with van der Waals surface area (Å²) in [6, 6.07) is 14.8. The first-order chi connectivity index (χ1) is 12.3. The van der Waals surface area contributed by atoms with E-state index in [1.54, 1.807) is 12.1 Å². The van der Waals surface area contributed by atoms with Crippen LogP contribution in [0.3, 0.4) is 0 Å². The maximum atomic E-state index is 12.2. The largest absolute Gasteiger partial charge is 0.271 e. The van der Waals surface area contributed by atoms with Crippen LogP contribution in [0.2, 0.25) is 0 Å². The van der Waals surface area contributed by atoms with Gasteiger partial charge < -0.3 is 0 Å². The van der Waals surface area contributed by atoms with Crippen molar-refractivity contribution in [1.29, 1.82) is 0 Å². The van der Waals surface area contributed by atoms with Gasteiger partial charge in [0.1, 0.15) is 6.54 Å². The number of hydrazone groups is 1. The topological polar surface area (TPSA) is 78.8 Å². The van der Waals surface area contributed by atoms with Gasteiger partial charge in [-0.3, -0.25) is 9.10 Å². The molecule has 0 atom stereocenters. The summed E-state index contributed by atoms with van der Waals surface area (Å²) in [5.41, 5.74) is 5.71. The van der Waals surface area contributed by atoms with Crippen LogP contribution >= 0.6 is 0 Å². The Kier molecular flexibility index (Phi) is 6.52. The predicted molar refractivity (Wildman–Crippen MR) is 105 cm³/mol. The van der Waals surface area contributed by atoms with E-state index in [4.69, 9.17) is 0 Å². The minimum absolute atomic E-state index is 0.332. The lowest BCUT2D eigenvalue weighted by atomic mass is 10.1. The summed E-state index contributed by atoms with van der Waals surface area (Å²) in [5, 5.41) is 3.90. The molecule has 0 spiro atoms. The molecule has 0 saturated heterocycles. The number of aryl methyl sites for hydroxylation is 2. The summed E-state index contributed by atoms with van der Waals surface area (Å²) in [5.74, 6) is -0.510. The zero-order valence-corrected chi connectivity index (χ0v) is 16.0. The summed E-state index contributed by atoms with van der Waals surface area (Å²) < 4.78 is 25.4. The van der Waals surface area contributed by atoms with Crippen molar-refractivity contribution in [2.45, 2.75) is 20.3 Å². The molecule has 0 heterocycles. The van der Waals surface area contributed by atoms with Gasteiger partial charge in [-0.25, -0.2) is 13.8 Å². The number of nitrogens with one attached hydrogen (secondary N) is 1. The highest BCUT2D eigenvalue weighted by molar-refractivity contribution is 7.92. The molecule has 0 saturated carbocycles. The molecule has 0 aliphatic heterocycles. The van der Waals surface area contributed by atoms with Crippen molar-refractivity contribution in [3.63, 3.8) is 0 Å². The minimum Gasteiger partial charge on any atom is -0.271 e. The zero-order chi connectivity index (χ0) is 19.2. The molecule has 138 valence electrons. The first-order valence-corrected chi connectivity index (χ1v) is 10.1. The number of carbonyl (C=O) groups excluding carboxylic acids is 1. The van der Waals surface area contributed by atoms with Crippen LogP contribution in [0.15, 0.2) is 53.6 Å². The summed E-state index contributed by atoms with van der Waals surface area (Å²) in [6.45, 7) is 3.59. The second-order valence-electron chi connectivity index (χ2n) is 5.96. The number of benzene rings is 2. The van der Waals surface area contributed by atoms with Crippen LogP contribution in [0.1, 0.15) is 23.6 Å². The van der Waals surface area contributed by atoms with Crippen LogP contribution in [0.5, 0.6) is 0 Å². The van der Waals surface area contributed by atoms with E-state index in [1.807, 2.05) is 50.2 Å². The lowest BCUT2D eigenvalue weighted by Crippen LogP contribution is -2.39. The van der Waals surface area contributed by atoms with Crippen LogP contribution in [0, 0.1) is 6.92 Å². The smallest absolute Gasteiger partial charge is 0.260 e. The Morgan fingerprint density at radius 2 is 1.81 bits per heavy atom. The molecular weight excluding hydrogens is 350 g/mol. The molecule has 0 aromatic heterocycles. The monoisotopic (exact) mass is 373 g/mol. The first-order valence-electron chi connectivity index (χ1n) is 8.25. The molecule has 2 aromatic carbocycles. The Bertz CT molecular complexity index is 891. The average molecular weight is 373 g/mol. The maximum absolute atomic E-state index is 12.2. The van der Waals surface area contributed by atoms with Gasteiger partial charge in [-0.05, 0) is 30.5 Å². The van der Waals surface area contributed by atoms with Crippen molar-refractivity contribution in [1.82, 2.24) is 5.43 Å². The molecule has 1 amide bonds. The molecule has 1 N–H and O–H groups in total. The molecule has 6 nitrogen and oxygen atoms in total. The molecule has 0 radical (unpaired) electrons. The number of para-hydroxylation sites is 1. The standard InChI is InChI=1S/C19H23N3O3S/c1-4-17-7-5-6-8-18(17)22(26(3,24)25)14-19(23)21-20-13-16-11-9-15(2)10-12-16/h5-13H,4,14H2,1-3H3,(H,21,23)/b20-13-. The van der Waals surface area contributed by atoms with E-state index < -0.39 is 15.9 Å². The Morgan fingerprint density at radius 3 is 2.42 bits per heavy atom. The van der Waals surface area contributed by atoms with Crippen LogP contribution in [-0.4, -0.2) is 33.3 Å².